The van der Waals surface area contributed by atoms with E-state index in [2.05, 4.69) is 15.2 Å². The molecule has 3 heterocycles. The lowest BCUT2D eigenvalue weighted by Gasteiger charge is -2.16. The molecule has 2 fully saturated rings. The molecular weight excluding hydrogens is 358 g/mol. The highest BCUT2D eigenvalue weighted by Gasteiger charge is 2.30. The van der Waals surface area contributed by atoms with E-state index in [1.54, 1.807) is 24.1 Å². The number of rotatable bonds is 5. The molecule has 2 aromatic heterocycles. The van der Waals surface area contributed by atoms with E-state index in [4.69, 9.17) is 9.26 Å². The second-order valence-electron chi connectivity index (χ2n) is 7.44. The van der Waals surface area contributed by atoms with Gasteiger partial charge in [-0.3, -0.25) is 9.48 Å². The molecule has 1 saturated carbocycles. The quantitative estimate of drug-likeness (QED) is 0.677. The van der Waals surface area contributed by atoms with Gasteiger partial charge >= 0.3 is 0 Å². The van der Waals surface area contributed by atoms with Crippen molar-refractivity contribution < 1.29 is 14.1 Å². The van der Waals surface area contributed by atoms with Crippen molar-refractivity contribution in [3.05, 3.63) is 48.1 Å². The van der Waals surface area contributed by atoms with Crippen LogP contribution in [0, 0.1) is 0 Å². The predicted octanol–water partition coefficient (Wildman–Crippen LogP) is 2.64. The molecule has 0 spiro atoms. The van der Waals surface area contributed by atoms with Crippen LogP contribution in [0.1, 0.15) is 41.4 Å². The first-order chi connectivity index (χ1) is 13.7. The van der Waals surface area contributed by atoms with Crippen LogP contribution in [0.3, 0.4) is 0 Å². The molecule has 0 radical (unpaired) electrons. The van der Waals surface area contributed by atoms with Crippen molar-refractivity contribution in [1.29, 1.82) is 0 Å². The van der Waals surface area contributed by atoms with E-state index < -0.39 is 0 Å². The minimum Gasteiger partial charge on any atom is -0.489 e. The Kier molecular flexibility index (Phi) is 4.11. The van der Waals surface area contributed by atoms with E-state index in [9.17, 15) is 4.79 Å². The summed E-state index contributed by atoms with van der Waals surface area (Å²) in [5.41, 5.74) is 1.51. The van der Waals surface area contributed by atoms with Crippen LogP contribution in [-0.4, -0.2) is 49.9 Å². The van der Waals surface area contributed by atoms with Crippen LogP contribution >= 0.6 is 0 Å². The number of ether oxygens (including phenoxy) is 1. The van der Waals surface area contributed by atoms with Crippen molar-refractivity contribution in [2.45, 2.75) is 31.3 Å². The van der Waals surface area contributed by atoms with E-state index in [0.717, 1.165) is 36.5 Å². The Balaban J connectivity index is 1.20. The molecular formula is C20H21N5O3. The Morgan fingerprint density at radius 3 is 2.75 bits per heavy atom. The lowest BCUT2D eigenvalue weighted by molar-refractivity contribution is 0.0772. The van der Waals surface area contributed by atoms with Crippen molar-refractivity contribution >= 4 is 5.91 Å². The lowest BCUT2D eigenvalue weighted by atomic mass is 10.2. The normalized spacial score (nSPS) is 19.2. The molecule has 8 nitrogen and oxygen atoms in total. The van der Waals surface area contributed by atoms with Crippen molar-refractivity contribution in [3.63, 3.8) is 0 Å². The summed E-state index contributed by atoms with van der Waals surface area (Å²) in [6, 6.07) is 7.69. The van der Waals surface area contributed by atoms with Crippen molar-refractivity contribution in [2.75, 3.05) is 13.1 Å². The van der Waals surface area contributed by atoms with Gasteiger partial charge in [0.05, 0.1) is 18.3 Å². The zero-order valence-corrected chi connectivity index (χ0v) is 15.6. The predicted molar refractivity (Wildman–Crippen MR) is 99.9 cm³/mol. The fourth-order valence-electron chi connectivity index (χ4n) is 3.45. The van der Waals surface area contributed by atoms with Gasteiger partial charge in [0.1, 0.15) is 11.9 Å². The number of carbonyl (C=O) groups excluding carboxylic acids is 1. The largest absolute Gasteiger partial charge is 0.489 e. The van der Waals surface area contributed by atoms with E-state index in [-0.39, 0.29) is 12.0 Å². The first-order valence-corrected chi connectivity index (χ1v) is 9.54. The molecule has 0 unspecified atom stereocenters. The summed E-state index contributed by atoms with van der Waals surface area (Å²) >= 11 is 0. The van der Waals surface area contributed by atoms with Gasteiger partial charge < -0.3 is 14.2 Å². The number of nitrogens with zero attached hydrogens (tertiary/aromatic N) is 5. The molecule has 8 heteroatoms. The van der Waals surface area contributed by atoms with Gasteiger partial charge in [0.25, 0.3) is 5.91 Å². The highest BCUT2D eigenvalue weighted by molar-refractivity contribution is 5.93. The Bertz CT molecular complexity index is 989. The van der Waals surface area contributed by atoms with E-state index in [1.165, 1.54) is 0 Å². The van der Waals surface area contributed by atoms with E-state index >= 15 is 0 Å². The summed E-state index contributed by atoms with van der Waals surface area (Å²) in [5, 5.41) is 8.13. The Morgan fingerprint density at radius 2 is 2.04 bits per heavy atom. The van der Waals surface area contributed by atoms with Crippen LogP contribution in [0.15, 0.2) is 41.2 Å². The van der Waals surface area contributed by atoms with Crippen molar-refractivity contribution in [1.82, 2.24) is 24.8 Å². The van der Waals surface area contributed by atoms with Crippen LogP contribution in [0.4, 0.5) is 0 Å². The van der Waals surface area contributed by atoms with Crippen molar-refractivity contribution in [2.24, 2.45) is 7.05 Å². The molecule has 28 heavy (non-hydrogen) atoms. The maximum absolute atomic E-state index is 12.5. The average Bonchev–Trinajstić information content (AvgIpc) is 3.10. The molecule has 144 valence electrons. The van der Waals surface area contributed by atoms with Crippen LogP contribution in [-0.2, 0) is 7.05 Å². The van der Waals surface area contributed by atoms with E-state index in [0.29, 0.717) is 30.4 Å². The van der Waals surface area contributed by atoms with Crippen LogP contribution in [0.25, 0.3) is 11.4 Å². The SMILES string of the molecule is Cn1cc(C(=O)N2CC[C@H](Oc3ccc(-c4noc(C5CC5)n4)cc3)C2)cn1. The fraction of sp³-hybridized carbons (Fsp3) is 0.400. The summed E-state index contributed by atoms with van der Waals surface area (Å²) in [4.78, 5) is 18.8. The smallest absolute Gasteiger partial charge is 0.257 e. The lowest BCUT2D eigenvalue weighted by Crippen LogP contribution is -2.30. The summed E-state index contributed by atoms with van der Waals surface area (Å²) < 4.78 is 13.0. The summed E-state index contributed by atoms with van der Waals surface area (Å²) in [5.74, 6) is 2.57. The molecule has 0 N–H and O–H groups in total. The van der Waals surface area contributed by atoms with Crippen LogP contribution < -0.4 is 4.74 Å². The summed E-state index contributed by atoms with van der Waals surface area (Å²) in [6.07, 6.45) is 6.40. The molecule has 1 atom stereocenters. The number of aromatic nitrogens is 4. The minimum absolute atomic E-state index is 0.00174. The molecule has 0 bridgehead atoms. The molecule has 1 saturated heterocycles. The first kappa shape index (κ1) is 17.0. The van der Waals surface area contributed by atoms with Gasteiger partial charge in [0, 0.05) is 37.7 Å². The molecule has 3 aromatic rings. The zero-order valence-electron chi connectivity index (χ0n) is 15.6. The number of hydrogen-bond acceptors (Lipinski definition) is 6. The van der Waals surface area contributed by atoms with Crippen LogP contribution in [0.2, 0.25) is 0 Å². The van der Waals surface area contributed by atoms with Gasteiger partial charge in [-0.15, -0.1) is 0 Å². The Morgan fingerprint density at radius 1 is 1.21 bits per heavy atom. The Hall–Kier alpha value is -3.16. The first-order valence-electron chi connectivity index (χ1n) is 9.54. The number of hydrogen-bond donors (Lipinski definition) is 0. The van der Waals surface area contributed by atoms with Gasteiger partial charge in [-0.1, -0.05) is 5.16 Å². The number of aryl methyl sites for hydroxylation is 1. The maximum atomic E-state index is 12.5. The number of carbonyl (C=O) groups is 1. The molecule has 1 aromatic carbocycles. The number of likely N-dealkylation sites (tertiary alicyclic amines) is 1. The zero-order chi connectivity index (χ0) is 19.1. The third-order valence-corrected chi connectivity index (χ3v) is 5.17. The van der Waals surface area contributed by atoms with Gasteiger partial charge in [-0.25, -0.2) is 0 Å². The summed E-state index contributed by atoms with van der Waals surface area (Å²) in [6.45, 7) is 1.26. The standard InChI is InChI=1S/C20H21N5O3/c1-24-11-15(10-21-24)20(26)25-9-8-17(12-25)27-16-6-4-13(5-7-16)18-22-19(28-23-18)14-2-3-14/h4-7,10-11,14,17H,2-3,8-9,12H2,1H3/t17-/m0/s1. The molecule has 1 aliphatic heterocycles. The monoisotopic (exact) mass is 379 g/mol. The fourth-order valence-corrected chi connectivity index (χ4v) is 3.45. The van der Waals surface area contributed by atoms with Gasteiger partial charge in [-0.2, -0.15) is 10.1 Å². The highest BCUT2D eigenvalue weighted by Crippen LogP contribution is 2.39. The topological polar surface area (TPSA) is 86.3 Å². The maximum Gasteiger partial charge on any atom is 0.257 e. The van der Waals surface area contributed by atoms with Crippen LogP contribution in [0.5, 0.6) is 5.75 Å². The third-order valence-electron chi connectivity index (χ3n) is 5.17. The third kappa shape index (κ3) is 3.37. The van der Waals surface area contributed by atoms with Gasteiger partial charge in [0.2, 0.25) is 11.7 Å². The molecule has 2 aliphatic rings. The van der Waals surface area contributed by atoms with Gasteiger partial charge in [-0.05, 0) is 37.1 Å². The molecule has 5 rings (SSSR count). The molecule has 1 aliphatic carbocycles. The Labute approximate surface area is 162 Å². The highest BCUT2D eigenvalue weighted by atomic mass is 16.5. The van der Waals surface area contributed by atoms with Gasteiger partial charge in [0.15, 0.2) is 0 Å². The second-order valence-corrected chi connectivity index (χ2v) is 7.44. The number of benzene rings is 1. The van der Waals surface area contributed by atoms with Crippen molar-refractivity contribution in [3.8, 4) is 17.1 Å². The second kappa shape index (κ2) is 6.78. The average molecular weight is 379 g/mol. The number of amides is 1. The van der Waals surface area contributed by atoms with E-state index in [1.807, 2.05) is 29.2 Å². The minimum atomic E-state index is -0.0156. The molecule has 1 amide bonds. The summed E-state index contributed by atoms with van der Waals surface area (Å²) in [7, 11) is 1.80.